The molecule has 1 saturated heterocycles. The van der Waals surface area contributed by atoms with Crippen LogP contribution in [-0.4, -0.2) is 44.5 Å². The molecule has 1 atom stereocenters. The molecule has 29 heavy (non-hydrogen) atoms. The fourth-order valence-electron chi connectivity index (χ4n) is 3.58. The zero-order chi connectivity index (χ0) is 20.6. The molecule has 150 valence electrons. The van der Waals surface area contributed by atoms with E-state index in [2.05, 4.69) is 5.16 Å². The molecule has 2 amide bonds. The summed E-state index contributed by atoms with van der Waals surface area (Å²) in [5.74, 6) is 1.06. The Bertz CT molecular complexity index is 1000. The molecule has 8 heteroatoms. The van der Waals surface area contributed by atoms with Gasteiger partial charge in [-0.15, -0.1) is 0 Å². The summed E-state index contributed by atoms with van der Waals surface area (Å²) < 4.78 is 15.8. The second kappa shape index (κ2) is 7.12. The van der Waals surface area contributed by atoms with Crippen LogP contribution in [0.1, 0.15) is 18.4 Å². The maximum Gasteiger partial charge on any atom is 0.281 e. The van der Waals surface area contributed by atoms with Gasteiger partial charge in [-0.1, -0.05) is 5.16 Å². The lowest BCUT2D eigenvalue weighted by atomic mass is 9.92. The summed E-state index contributed by atoms with van der Waals surface area (Å²) in [6, 6.07) is 12.0. The molecule has 1 fully saturated rings. The maximum atomic E-state index is 13.2. The van der Waals surface area contributed by atoms with Gasteiger partial charge >= 0.3 is 0 Å². The Kier molecular flexibility index (Phi) is 4.62. The van der Waals surface area contributed by atoms with Gasteiger partial charge in [0.2, 0.25) is 11.5 Å². The number of benzene rings is 2. The van der Waals surface area contributed by atoms with Gasteiger partial charge in [-0.25, -0.2) is 4.90 Å². The lowest BCUT2D eigenvalue weighted by molar-refractivity contribution is -0.136. The van der Waals surface area contributed by atoms with E-state index in [9.17, 15) is 9.59 Å². The number of oxime groups is 1. The third kappa shape index (κ3) is 3.06. The first-order valence-electron chi connectivity index (χ1n) is 9.00. The Labute approximate surface area is 167 Å². The first-order valence-corrected chi connectivity index (χ1v) is 9.00. The Morgan fingerprint density at radius 3 is 2.28 bits per heavy atom. The second-order valence-electron chi connectivity index (χ2n) is 6.78. The van der Waals surface area contributed by atoms with E-state index < -0.39 is 11.5 Å². The average Bonchev–Trinajstić information content (AvgIpc) is 3.28. The Morgan fingerprint density at radius 1 is 0.931 bits per heavy atom. The van der Waals surface area contributed by atoms with E-state index in [0.717, 1.165) is 4.90 Å². The average molecular weight is 396 g/mol. The summed E-state index contributed by atoms with van der Waals surface area (Å²) in [5, 5.41) is 4.13. The van der Waals surface area contributed by atoms with E-state index in [0.29, 0.717) is 34.2 Å². The highest BCUT2D eigenvalue weighted by Gasteiger charge is 2.58. The number of carbonyl (C=O) groups is 2. The number of rotatable bonds is 5. The van der Waals surface area contributed by atoms with E-state index in [4.69, 9.17) is 19.0 Å². The molecule has 0 radical (unpaired) electrons. The number of methoxy groups -OCH3 is 3. The summed E-state index contributed by atoms with van der Waals surface area (Å²) in [7, 11) is 4.66. The molecule has 0 aromatic heterocycles. The second-order valence-corrected chi connectivity index (χ2v) is 6.78. The predicted molar refractivity (Wildman–Crippen MR) is 105 cm³/mol. The first kappa shape index (κ1) is 18.8. The minimum absolute atomic E-state index is 0.0862. The Balaban J connectivity index is 1.61. The van der Waals surface area contributed by atoms with Crippen LogP contribution >= 0.6 is 0 Å². The minimum atomic E-state index is -1.35. The van der Waals surface area contributed by atoms with Gasteiger partial charge in [-0.2, -0.15) is 0 Å². The van der Waals surface area contributed by atoms with Crippen LogP contribution in [0.5, 0.6) is 17.2 Å². The molecule has 1 unspecified atom stereocenters. The molecule has 2 heterocycles. The van der Waals surface area contributed by atoms with E-state index in [1.54, 1.807) is 63.8 Å². The number of ether oxygens (including phenoxy) is 3. The zero-order valence-electron chi connectivity index (χ0n) is 16.3. The number of amides is 2. The van der Waals surface area contributed by atoms with Gasteiger partial charge in [-0.05, 0) is 42.5 Å². The summed E-state index contributed by atoms with van der Waals surface area (Å²) >= 11 is 0. The van der Waals surface area contributed by atoms with Crippen LogP contribution in [0.3, 0.4) is 0 Å². The lowest BCUT2D eigenvalue weighted by Gasteiger charge is -2.19. The summed E-state index contributed by atoms with van der Waals surface area (Å²) in [6.07, 6.45) is 0.0743. The van der Waals surface area contributed by atoms with E-state index >= 15 is 0 Å². The number of nitrogens with zero attached hydrogens (tertiary/aromatic N) is 2. The van der Waals surface area contributed by atoms with Gasteiger partial charge in [0, 0.05) is 12.0 Å². The van der Waals surface area contributed by atoms with Crippen molar-refractivity contribution < 1.29 is 28.6 Å². The molecule has 0 saturated carbocycles. The highest BCUT2D eigenvalue weighted by Crippen LogP contribution is 2.41. The number of imide groups is 1. The number of hydrogen-bond acceptors (Lipinski definition) is 7. The van der Waals surface area contributed by atoms with Gasteiger partial charge in [0.15, 0.2) is 0 Å². The molecule has 0 aliphatic carbocycles. The summed E-state index contributed by atoms with van der Waals surface area (Å²) in [6.45, 7) is 0. The van der Waals surface area contributed by atoms with Gasteiger partial charge < -0.3 is 19.0 Å². The molecule has 2 aliphatic heterocycles. The van der Waals surface area contributed by atoms with E-state index in [1.165, 1.54) is 0 Å². The fourth-order valence-corrected chi connectivity index (χ4v) is 3.58. The Hall–Kier alpha value is -3.55. The van der Waals surface area contributed by atoms with Gasteiger partial charge in [0.25, 0.3) is 5.91 Å². The van der Waals surface area contributed by atoms with Crippen molar-refractivity contribution in [2.24, 2.45) is 5.16 Å². The molecule has 2 aromatic rings. The van der Waals surface area contributed by atoms with Crippen LogP contribution in [0.4, 0.5) is 5.69 Å². The molecule has 1 spiro atoms. The monoisotopic (exact) mass is 396 g/mol. The molecule has 2 aliphatic rings. The van der Waals surface area contributed by atoms with Crippen LogP contribution in [-0.2, 0) is 14.4 Å². The highest BCUT2D eigenvalue weighted by atomic mass is 16.7. The third-order valence-corrected chi connectivity index (χ3v) is 5.11. The largest absolute Gasteiger partial charge is 0.497 e. The molecule has 4 rings (SSSR count). The predicted octanol–water partition coefficient (Wildman–Crippen LogP) is 2.54. The van der Waals surface area contributed by atoms with E-state index in [1.807, 2.05) is 0 Å². The molecular weight excluding hydrogens is 376 g/mol. The quantitative estimate of drug-likeness (QED) is 0.722. The van der Waals surface area contributed by atoms with Crippen LogP contribution in [0, 0.1) is 0 Å². The SMILES string of the molecule is COc1ccc(N2C(=O)CC3(CC(c4cc(OC)ccc4OC)=NO3)C2=O)cc1. The maximum absolute atomic E-state index is 13.2. The number of hydrogen-bond donors (Lipinski definition) is 0. The zero-order valence-corrected chi connectivity index (χ0v) is 16.3. The van der Waals surface area contributed by atoms with Crippen molar-refractivity contribution in [3.63, 3.8) is 0 Å². The van der Waals surface area contributed by atoms with Crippen molar-refractivity contribution in [3.05, 3.63) is 48.0 Å². The van der Waals surface area contributed by atoms with Crippen molar-refractivity contribution in [1.29, 1.82) is 0 Å². The summed E-state index contributed by atoms with van der Waals surface area (Å²) in [5.41, 5.74) is 0.305. The molecular formula is C21H20N2O6. The number of anilines is 1. The minimum Gasteiger partial charge on any atom is -0.497 e. The van der Waals surface area contributed by atoms with Crippen LogP contribution < -0.4 is 19.1 Å². The lowest BCUT2D eigenvalue weighted by Crippen LogP contribution is -2.40. The molecule has 0 N–H and O–H groups in total. The topological polar surface area (TPSA) is 86.7 Å². The van der Waals surface area contributed by atoms with Crippen LogP contribution in [0.15, 0.2) is 47.6 Å². The van der Waals surface area contributed by atoms with Gasteiger partial charge in [0.05, 0.1) is 39.1 Å². The van der Waals surface area contributed by atoms with Crippen LogP contribution in [0.25, 0.3) is 0 Å². The van der Waals surface area contributed by atoms with Gasteiger partial charge in [0.1, 0.15) is 17.2 Å². The number of carbonyl (C=O) groups excluding carboxylic acids is 2. The van der Waals surface area contributed by atoms with Crippen molar-refractivity contribution in [1.82, 2.24) is 0 Å². The van der Waals surface area contributed by atoms with Crippen LogP contribution in [0.2, 0.25) is 0 Å². The molecule has 8 nitrogen and oxygen atoms in total. The van der Waals surface area contributed by atoms with Crippen molar-refractivity contribution in [2.45, 2.75) is 18.4 Å². The smallest absolute Gasteiger partial charge is 0.281 e. The normalized spacial score (nSPS) is 20.7. The molecule has 0 bridgehead atoms. The highest BCUT2D eigenvalue weighted by molar-refractivity contribution is 6.26. The van der Waals surface area contributed by atoms with E-state index in [-0.39, 0.29) is 18.7 Å². The third-order valence-electron chi connectivity index (χ3n) is 5.11. The summed E-state index contributed by atoms with van der Waals surface area (Å²) in [4.78, 5) is 32.5. The first-order chi connectivity index (χ1) is 14.0. The standard InChI is InChI=1S/C21H20N2O6/c1-26-14-6-4-13(5-7-14)23-19(24)12-21(20(23)25)11-17(22-29-21)16-10-15(27-2)8-9-18(16)28-3/h4-10H,11-12H2,1-3H3. The van der Waals surface area contributed by atoms with Gasteiger partial charge in [-0.3, -0.25) is 9.59 Å². The van der Waals surface area contributed by atoms with Crippen molar-refractivity contribution in [2.75, 3.05) is 26.2 Å². The Morgan fingerprint density at radius 2 is 1.62 bits per heavy atom. The van der Waals surface area contributed by atoms with Crippen molar-refractivity contribution >= 4 is 23.2 Å². The molecule has 2 aromatic carbocycles. The fraction of sp³-hybridized carbons (Fsp3) is 0.286. The van der Waals surface area contributed by atoms with Crippen molar-refractivity contribution in [3.8, 4) is 17.2 Å².